The molecule has 5 aliphatic heterocycles. The third kappa shape index (κ3) is 8.08. The summed E-state index contributed by atoms with van der Waals surface area (Å²) in [5, 5.41) is 36.6. The summed E-state index contributed by atoms with van der Waals surface area (Å²) in [4.78, 5) is 14.4. The van der Waals surface area contributed by atoms with Gasteiger partial charge in [-0.05, 0) is 68.7 Å². The molecule has 3 N–H and O–H groups in total. The Kier molecular flexibility index (Phi) is 12.3. The molecule has 2 aliphatic carbocycles. The Morgan fingerprint density at radius 1 is 1.00 bits per heavy atom. The van der Waals surface area contributed by atoms with E-state index in [4.69, 9.17) is 33.2 Å². The number of aliphatic hydroxyl groups is 2. The fourth-order valence-corrected chi connectivity index (χ4v) is 9.99. The lowest BCUT2D eigenvalue weighted by Gasteiger charge is -2.49. The van der Waals surface area contributed by atoms with Crippen molar-refractivity contribution in [3.63, 3.8) is 0 Å². The first-order valence-corrected chi connectivity index (χ1v) is 20.4. The summed E-state index contributed by atoms with van der Waals surface area (Å²) in [6, 6.07) is 0. The van der Waals surface area contributed by atoms with Gasteiger partial charge in [-0.3, -0.25) is 4.79 Å². The second-order valence-electron chi connectivity index (χ2n) is 17.0. The number of rotatable bonds is 4. The highest BCUT2D eigenvalue weighted by Gasteiger charge is 2.60. The predicted octanol–water partition coefficient (Wildman–Crippen LogP) is 5.85. The summed E-state index contributed by atoms with van der Waals surface area (Å²) in [6.45, 7) is 9.87. The maximum atomic E-state index is 14.4. The van der Waals surface area contributed by atoms with E-state index in [1.807, 2.05) is 32.1 Å². The molecule has 12 nitrogen and oxygen atoms in total. The van der Waals surface area contributed by atoms with Crippen molar-refractivity contribution in [2.45, 2.75) is 159 Å². The summed E-state index contributed by atoms with van der Waals surface area (Å²) in [6.07, 6.45) is 16.4. The van der Waals surface area contributed by atoms with Crippen LogP contribution in [0.4, 0.5) is 0 Å². The molecule has 304 valence electrons. The number of oxime groups is 1. The molecule has 55 heavy (non-hydrogen) atoms. The number of esters is 1. The van der Waals surface area contributed by atoms with Crippen molar-refractivity contribution in [2.24, 2.45) is 28.8 Å². The van der Waals surface area contributed by atoms with Gasteiger partial charge >= 0.3 is 5.97 Å². The molecule has 14 atom stereocenters. The van der Waals surface area contributed by atoms with Crippen LogP contribution >= 0.6 is 0 Å². The second kappa shape index (κ2) is 16.7. The lowest BCUT2D eigenvalue weighted by atomic mass is 9.71. The van der Waals surface area contributed by atoms with Gasteiger partial charge in [0, 0.05) is 38.2 Å². The van der Waals surface area contributed by atoms with Crippen molar-refractivity contribution < 1.29 is 53.4 Å². The highest BCUT2D eigenvalue weighted by Crippen LogP contribution is 2.47. The molecule has 3 saturated heterocycles. The van der Waals surface area contributed by atoms with E-state index >= 15 is 0 Å². The molecule has 1 spiro atoms. The number of ether oxygens (including phenoxy) is 7. The molecular formula is C43H61NO11. The molecule has 7 rings (SSSR count). The maximum absolute atomic E-state index is 14.4. The van der Waals surface area contributed by atoms with Crippen LogP contribution in [0.1, 0.15) is 92.4 Å². The van der Waals surface area contributed by atoms with Gasteiger partial charge in [0.25, 0.3) is 0 Å². The minimum absolute atomic E-state index is 0.0156. The van der Waals surface area contributed by atoms with E-state index in [0.717, 1.165) is 18.4 Å². The first-order chi connectivity index (χ1) is 26.4. The van der Waals surface area contributed by atoms with Gasteiger partial charge in [-0.1, -0.05) is 74.7 Å². The van der Waals surface area contributed by atoms with E-state index in [9.17, 15) is 20.2 Å². The van der Waals surface area contributed by atoms with E-state index in [-0.39, 0.29) is 36.4 Å². The molecular weight excluding hydrogens is 706 g/mol. The summed E-state index contributed by atoms with van der Waals surface area (Å²) in [5.74, 6) is -2.30. The summed E-state index contributed by atoms with van der Waals surface area (Å²) < 4.78 is 44.9. The van der Waals surface area contributed by atoms with E-state index in [1.165, 1.54) is 19.3 Å². The van der Waals surface area contributed by atoms with Gasteiger partial charge in [0.05, 0.1) is 37.1 Å². The largest absolute Gasteiger partial charge is 0.462 e. The number of nitrogens with zero attached hydrogens (tertiary/aromatic N) is 1. The number of carbonyl (C=O) groups is 1. The van der Waals surface area contributed by atoms with E-state index in [2.05, 4.69) is 31.2 Å². The lowest BCUT2D eigenvalue weighted by molar-refractivity contribution is -0.301. The van der Waals surface area contributed by atoms with Crippen molar-refractivity contribution in [3.8, 4) is 0 Å². The number of hydrogen-bond donors (Lipinski definition) is 3. The molecule has 2 bridgehead atoms. The molecule has 0 radical (unpaired) electrons. The molecule has 0 unspecified atom stereocenters. The number of hydrogen-bond acceptors (Lipinski definition) is 12. The zero-order valence-electron chi connectivity index (χ0n) is 33.2. The minimum atomic E-state index is -1.85. The Morgan fingerprint density at radius 2 is 1.78 bits per heavy atom. The highest BCUT2D eigenvalue weighted by atomic mass is 16.7. The molecule has 7 aliphatic rings. The van der Waals surface area contributed by atoms with Crippen molar-refractivity contribution in [1.82, 2.24) is 0 Å². The average Bonchev–Trinajstić information content (AvgIpc) is 3.50. The fourth-order valence-electron chi connectivity index (χ4n) is 9.99. The molecule has 4 fully saturated rings. The number of fused-ring (bicyclic) bond motifs is 2. The van der Waals surface area contributed by atoms with Crippen molar-refractivity contribution in [1.29, 1.82) is 0 Å². The van der Waals surface area contributed by atoms with Crippen molar-refractivity contribution in [3.05, 3.63) is 59.3 Å². The monoisotopic (exact) mass is 767 g/mol. The van der Waals surface area contributed by atoms with Gasteiger partial charge in [0.2, 0.25) is 0 Å². The third-order valence-electron chi connectivity index (χ3n) is 13.1. The average molecular weight is 768 g/mol. The normalized spacial score (nSPS) is 46.7. The molecule has 12 heteroatoms. The molecule has 5 heterocycles. The van der Waals surface area contributed by atoms with Crippen LogP contribution in [0.15, 0.2) is 64.4 Å². The van der Waals surface area contributed by atoms with Gasteiger partial charge < -0.3 is 48.6 Å². The Balaban J connectivity index is 1.26. The number of carbonyl (C=O) groups excluding carboxylic acids is 1. The van der Waals surface area contributed by atoms with Gasteiger partial charge in [0.15, 0.2) is 12.1 Å². The van der Waals surface area contributed by atoms with E-state index in [1.54, 1.807) is 26.2 Å². The van der Waals surface area contributed by atoms with Crippen LogP contribution in [0.25, 0.3) is 0 Å². The van der Waals surface area contributed by atoms with E-state index in [0.29, 0.717) is 42.7 Å². The zero-order chi connectivity index (χ0) is 39.1. The van der Waals surface area contributed by atoms with Gasteiger partial charge in [0.1, 0.15) is 35.5 Å². The summed E-state index contributed by atoms with van der Waals surface area (Å²) >= 11 is 0. The quantitative estimate of drug-likeness (QED) is 0.137. The standard InChI is InChI=1S/C43H61NO11/c1-24-11-10-14-30-23-50-40-36(44-48)27(4)19-33(43(30,40)47)41(46)52-32-20-31(16-15-25(2)38(24)53-35-21-34(49-6)37(45)28(5)51-35)54-42(22-32)18-17-26(3)39(55-42)29-12-8-7-9-13-29/h10-11,14-15,17-19,24,26,28-29,31-35,37-40,45,47-48H,7-9,12-13,16,20-23H2,1-6H3/b11-10-,25-15-,30-14?,44-36+/t24-,26-,28-,31+,32-,33-,34-,35-,37-,38-,39-,40+,42+,43+/m0/s1. The van der Waals surface area contributed by atoms with Crippen LogP contribution < -0.4 is 0 Å². The fraction of sp³-hybridized carbons (Fsp3) is 0.721. The van der Waals surface area contributed by atoms with Gasteiger partial charge in [-0.25, -0.2) is 0 Å². The SMILES string of the molecule is CO[C@H]1C[C@H](O[C@@H]2/C(C)=C\C[C@@H]3C[C@@H](C[C@]4(C=C[C@H](C)[C@@H](C5CCCCC5)O4)O3)OC(=O)[C@@H]3C=C(C)/C(=N\O)[C@H]4OCC(=C/C=C\[C@@H]2C)[C@]43O)O[C@@H](C)[C@@H]1O. The molecule has 0 aromatic carbocycles. The topological polar surface area (TPSA) is 155 Å². The van der Waals surface area contributed by atoms with Crippen LogP contribution in [0, 0.1) is 23.7 Å². The van der Waals surface area contributed by atoms with E-state index < -0.39 is 66.2 Å². The Hall–Kier alpha value is -2.68. The molecule has 0 amide bonds. The maximum Gasteiger partial charge on any atom is 0.316 e. The zero-order valence-corrected chi connectivity index (χ0v) is 33.2. The highest BCUT2D eigenvalue weighted by molar-refractivity contribution is 6.06. The summed E-state index contributed by atoms with van der Waals surface area (Å²) in [5.41, 5.74) is 0.299. The van der Waals surface area contributed by atoms with Crippen molar-refractivity contribution >= 4 is 11.7 Å². The smallest absolute Gasteiger partial charge is 0.316 e. The number of allylic oxidation sites excluding steroid dienone is 2. The van der Waals surface area contributed by atoms with Crippen LogP contribution in [0.5, 0.6) is 0 Å². The molecule has 0 aromatic rings. The second-order valence-corrected chi connectivity index (χ2v) is 17.0. The van der Waals surface area contributed by atoms with Crippen LogP contribution in [0.2, 0.25) is 0 Å². The molecule has 1 saturated carbocycles. The van der Waals surface area contributed by atoms with Crippen molar-refractivity contribution in [2.75, 3.05) is 13.7 Å². The van der Waals surface area contributed by atoms with Crippen LogP contribution in [-0.4, -0.2) is 107 Å². The van der Waals surface area contributed by atoms with Crippen LogP contribution in [-0.2, 0) is 38.0 Å². The number of methoxy groups -OCH3 is 1. The predicted molar refractivity (Wildman–Crippen MR) is 203 cm³/mol. The number of aliphatic hydroxyl groups excluding tert-OH is 1. The summed E-state index contributed by atoms with van der Waals surface area (Å²) in [7, 11) is 1.58. The Morgan fingerprint density at radius 3 is 2.53 bits per heavy atom. The third-order valence-corrected chi connectivity index (χ3v) is 13.1. The first kappa shape index (κ1) is 40.5. The Bertz CT molecular complexity index is 1600. The molecule has 0 aromatic heterocycles. The van der Waals surface area contributed by atoms with Crippen LogP contribution in [0.3, 0.4) is 0 Å². The first-order valence-electron chi connectivity index (χ1n) is 20.4. The minimum Gasteiger partial charge on any atom is -0.462 e. The Labute approximate surface area is 325 Å². The lowest BCUT2D eigenvalue weighted by Crippen LogP contribution is -2.57. The van der Waals surface area contributed by atoms with Gasteiger partial charge in [-0.2, -0.15) is 0 Å². The van der Waals surface area contributed by atoms with Gasteiger partial charge in [-0.15, -0.1) is 0 Å².